The molecule has 1 unspecified atom stereocenters. The van der Waals surface area contributed by atoms with Gasteiger partial charge in [-0.25, -0.2) is 0 Å². The summed E-state index contributed by atoms with van der Waals surface area (Å²) in [5.41, 5.74) is 6.62. The lowest BCUT2D eigenvalue weighted by Gasteiger charge is -2.19. The molecule has 0 saturated heterocycles. The lowest BCUT2D eigenvalue weighted by atomic mass is 10.1. The van der Waals surface area contributed by atoms with Crippen LogP contribution in [0.2, 0.25) is 0 Å². The first-order chi connectivity index (χ1) is 7.80. The molecule has 0 aromatic heterocycles. The van der Waals surface area contributed by atoms with Gasteiger partial charge in [-0.2, -0.15) is 0 Å². The first kappa shape index (κ1) is 13.7. The van der Waals surface area contributed by atoms with E-state index >= 15 is 0 Å². The molecule has 0 aliphatic carbocycles. The smallest absolute Gasteiger partial charge is 0.239 e. The van der Waals surface area contributed by atoms with Gasteiger partial charge in [-0.3, -0.25) is 4.79 Å². The van der Waals surface area contributed by atoms with Crippen LogP contribution in [0.4, 0.5) is 0 Å². The van der Waals surface area contributed by atoms with E-state index in [4.69, 9.17) is 5.73 Å². The molecular formula is C13H20N2O2. The van der Waals surface area contributed by atoms with Crippen molar-refractivity contribution in [2.45, 2.75) is 32.4 Å². The number of nitrogens with two attached hydrogens (primary N) is 1. The van der Waals surface area contributed by atoms with Crippen molar-refractivity contribution in [2.75, 3.05) is 6.54 Å². The fourth-order valence-corrected chi connectivity index (χ4v) is 1.32. The number of carbonyl (C=O) groups excluding carboxylic acids is 1. The summed E-state index contributed by atoms with van der Waals surface area (Å²) in [7, 11) is 0. The first-order valence-electron chi connectivity index (χ1n) is 5.62. The van der Waals surface area contributed by atoms with Crippen molar-refractivity contribution in [1.82, 2.24) is 5.32 Å². The molecule has 4 N–H and O–H groups in total. The Bertz CT molecular complexity index is 379. The normalized spacial score (nSPS) is 13.2. The van der Waals surface area contributed by atoms with E-state index in [1.807, 2.05) is 31.2 Å². The molecule has 0 saturated carbocycles. The summed E-state index contributed by atoms with van der Waals surface area (Å²) in [4.78, 5) is 11.5. The van der Waals surface area contributed by atoms with Gasteiger partial charge in [0.15, 0.2) is 0 Å². The molecule has 0 fully saturated rings. The van der Waals surface area contributed by atoms with Gasteiger partial charge in [0.1, 0.15) is 0 Å². The van der Waals surface area contributed by atoms with Crippen molar-refractivity contribution in [3.63, 3.8) is 0 Å². The zero-order valence-electron chi connectivity index (χ0n) is 10.5. The topological polar surface area (TPSA) is 75.3 Å². The highest BCUT2D eigenvalue weighted by Gasteiger charge is 2.22. The molecule has 0 heterocycles. The minimum atomic E-state index is -0.924. The Labute approximate surface area is 102 Å². The Morgan fingerprint density at radius 2 is 1.94 bits per heavy atom. The van der Waals surface area contributed by atoms with Gasteiger partial charge in [0.05, 0.1) is 11.6 Å². The SMILES string of the molecule is Cc1ccc(C(O)CNC(=O)C(C)(C)N)cc1. The van der Waals surface area contributed by atoms with E-state index in [1.165, 1.54) is 0 Å². The predicted octanol–water partition coefficient (Wildman–Crippen LogP) is 0.882. The Hall–Kier alpha value is -1.39. The maximum atomic E-state index is 11.5. The van der Waals surface area contributed by atoms with Crippen LogP contribution in [0.3, 0.4) is 0 Å². The van der Waals surface area contributed by atoms with E-state index < -0.39 is 11.6 Å². The quantitative estimate of drug-likeness (QED) is 0.726. The number of benzene rings is 1. The van der Waals surface area contributed by atoms with Gasteiger partial charge >= 0.3 is 0 Å². The van der Waals surface area contributed by atoms with E-state index in [-0.39, 0.29) is 12.5 Å². The molecule has 1 atom stereocenters. The summed E-state index contributed by atoms with van der Waals surface area (Å²) < 4.78 is 0. The highest BCUT2D eigenvalue weighted by molar-refractivity contribution is 5.85. The average molecular weight is 236 g/mol. The molecule has 0 radical (unpaired) electrons. The van der Waals surface area contributed by atoms with E-state index in [0.717, 1.165) is 11.1 Å². The Morgan fingerprint density at radius 1 is 1.41 bits per heavy atom. The van der Waals surface area contributed by atoms with Crippen LogP contribution in [-0.2, 0) is 4.79 Å². The van der Waals surface area contributed by atoms with Gasteiger partial charge in [-0.1, -0.05) is 29.8 Å². The second kappa shape index (κ2) is 5.29. The summed E-state index contributed by atoms with van der Waals surface area (Å²) >= 11 is 0. The van der Waals surface area contributed by atoms with Crippen molar-refractivity contribution in [2.24, 2.45) is 5.73 Å². The lowest BCUT2D eigenvalue weighted by molar-refractivity contribution is -0.125. The van der Waals surface area contributed by atoms with Crippen molar-refractivity contribution >= 4 is 5.91 Å². The molecule has 4 nitrogen and oxygen atoms in total. The van der Waals surface area contributed by atoms with Crippen LogP contribution in [0.1, 0.15) is 31.1 Å². The minimum Gasteiger partial charge on any atom is -0.387 e. The van der Waals surface area contributed by atoms with Crippen LogP contribution < -0.4 is 11.1 Å². The lowest BCUT2D eigenvalue weighted by Crippen LogP contribution is -2.49. The largest absolute Gasteiger partial charge is 0.387 e. The van der Waals surface area contributed by atoms with Gasteiger partial charge in [0.2, 0.25) is 5.91 Å². The van der Waals surface area contributed by atoms with Crippen molar-refractivity contribution in [1.29, 1.82) is 0 Å². The van der Waals surface area contributed by atoms with Gasteiger partial charge in [0.25, 0.3) is 0 Å². The Kier molecular flexibility index (Phi) is 4.26. The third-order valence-corrected chi connectivity index (χ3v) is 2.50. The molecule has 94 valence electrons. The number of hydrogen-bond acceptors (Lipinski definition) is 3. The number of aliphatic hydroxyl groups excluding tert-OH is 1. The number of aryl methyl sites for hydroxylation is 1. The predicted molar refractivity (Wildman–Crippen MR) is 67.4 cm³/mol. The third-order valence-electron chi connectivity index (χ3n) is 2.50. The molecule has 4 heteroatoms. The summed E-state index contributed by atoms with van der Waals surface area (Å²) in [5.74, 6) is -0.274. The highest BCUT2D eigenvalue weighted by Crippen LogP contribution is 2.12. The van der Waals surface area contributed by atoms with Crippen molar-refractivity contribution in [3.05, 3.63) is 35.4 Å². The number of rotatable bonds is 4. The van der Waals surface area contributed by atoms with Crippen LogP contribution in [0.25, 0.3) is 0 Å². The van der Waals surface area contributed by atoms with Gasteiger partial charge in [-0.15, -0.1) is 0 Å². The Morgan fingerprint density at radius 3 is 2.41 bits per heavy atom. The molecule has 0 aliphatic heterocycles. The van der Waals surface area contributed by atoms with Crippen LogP contribution in [0.5, 0.6) is 0 Å². The van der Waals surface area contributed by atoms with Gasteiger partial charge in [0, 0.05) is 6.54 Å². The average Bonchev–Trinajstić information content (AvgIpc) is 2.25. The van der Waals surface area contributed by atoms with Crippen LogP contribution in [0, 0.1) is 6.92 Å². The molecule has 17 heavy (non-hydrogen) atoms. The second-order valence-corrected chi connectivity index (χ2v) is 4.86. The number of amides is 1. The van der Waals surface area contributed by atoms with E-state index in [1.54, 1.807) is 13.8 Å². The number of carbonyl (C=O) groups is 1. The molecule has 1 aromatic carbocycles. The number of hydrogen-bond donors (Lipinski definition) is 3. The molecular weight excluding hydrogens is 216 g/mol. The summed E-state index contributed by atoms with van der Waals surface area (Å²) in [6.07, 6.45) is -0.707. The Balaban J connectivity index is 2.53. The van der Waals surface area contributed by atoms with Crippen molar-refractivity contribution < 1.29 is 9.90 Å². The first-order valence-corrected chi connectivity index (χ1v) is 5.62. The van der Waals surface area contributed by atoms with Crippen molar-refractivity contribution in [3.8, 4) is 0 Å². The molecule has 1 amide bonds. The highest BCUT2D eigenvalue weighted by atomic mass is 16.3. The fourth-order valence-electron chi connectivity index (χ4n) is 1.32. The summed E-state index contributed by atoms with van der Waals surface area (Å²) in [6.45, 7) is 5.40. The molecule has 0 spiro atoms. The van der Waals surface area contributed by atoms with Gasteiger partial charge in [-0.05, 0) is 26.3 Å². The molecule has 1 aromatic rings. The molecule has 0 bridgehead atoms. The monoisotopic (exact) mass is 236 g/mol. The number of nitrogens with one attached hydrogen (secondary N) is 1. The second-order valence-electron chi connectivity index (χ2n) is 4.86. The zero-order valence-corrected chi connectivity index (χ0v) is 10.5. The third kappa shape index (κ3) is 4.17. The van der Waals surface area contributed by atoms with E-state index in [9.17, 15) is 9.90 Å². The minimum absolute atomic E-state index is 0.169. The molecule has 1 rings (SSSR count). The number of aliphatic hydroxyl groups is 1. The van der Waals surface area contributed by atoms with Crippen LogP contribution in [-0.4, -0.2) is 23.1 Å². The maximum absolute atomic E-state index is 11.5. The summed E-state index contributed by atoms with van der Waals surface area (Å²) in [6, 6.07) is 7.54. The van der Waals surface area contributed by atoms with Crippen LogP contribution >= 0.6 is 0 Å². The summed E-state index contributed by atoms with van der Waals surface area (Å²) in [5, 5.41) is 12.5. The van der Waals surface area contributed by atoms with Gasteiger partial charge < -0.3 is 16.2 Å². The maximum Gasteiger partial charge on any atom is 0.239 e. The zero-order chi connectivity index (χ0) is 13.1. The molecule has 0 aliphatic rings. The van der Waals surface area contributed by atoms with E-state index in [2.05, 4.69) is 5.32 Å². The standard InChI is InChI=1S/C13H20N2O2/c1-9-4-6-10(7-5-9)11(16)8-15-12(17)13(2,3)14/h4-7,11,16H,8,14H2,1-3H3,(H,15,17). The van der Waals surface area contributed by atoms with E-state index in [0.29, 0.717) is 0 Å². The van der Waals surface area contributed by atoms with Crippen LogP contribution in [0.15, 0.2) is 24.3 Å². The fraction of sp³-hybridized carbons (Fsp3) is 0.462.